The molecular formula is C35H56. The Morgan fingerprint density at radius 1 is 0.343 bits per heavy atom. The highest BCUT2D eigenvalue weighted by Gasteiger charge is 2.42. The molecule has 0 aliphatic carbocycles. The Kier molecular flexibility index (Phi) is 7.44. The molecule has 0 aliphatic heterocycles. The third-order valence-electron chi connectivity index (χ3n) is 7.47. The van der Waals surface area contributed by atoms with Gasteiger partial charge in [-0.25, -0.2) is 0 Å². The maximum atomic E-state index is 2.61. The van der Waals surface area contributed by atoms with E-state index in [1.807, 2.05) is 0 Å². The normalized spacial score (nSPS) is 14.4. The second kappa shape index (κ2) is 8.78. The van der Waals surface area contributed by atoms with Gasteiger partial charge in [-0.3, -0.25) is 0 Å². The molecule has 0 heterocycles. The van der Waals surface area contributed by atoms with Gasteiger partial charge >= 0.3 is 0 Å². The van der Waals surface area contributed by atoms with Crippen LogP contribution in [0.15, 0.2) is 30.3 Å². The van der Waals surface area contributed by atoms with Crippen molar-refractivity contribution in [2.75, 3.05) is 0 Å². The summed E-state index contributed by atoms with van der Waals surface area (Å²) < 4.78 is 0. The molecule has 0 atom stereocenters. The summed E-state index contributed by atoms with van der Waals surface area (Å²) in [6, 6.07) is 11.7. The van der Waals surface area contributed by atoms with Gasteiger partial charge in [0.25, 0.3) is 0 Å². The van der Waals surface area contributed by atoms with Crippen LogP contribution in [0.4, 0.5) is 0 Å². The van der Waals surface area contributed by atoms with Crippen LogP contribution >= 0.6 is 0 Å². The van der Waals surface area contributed by atoms with E-state index in [1.165, 1.54) is 27.8 Å². The van der Waals surface area contributed by atoms with Gasteiger partial charge in [0.05, 0.1) is 0 Å². The number of benzene rings is 2. The first-order valence-corrected chi connectivity index (χ1v) is 13.7. The highest BCUT2D eigenvalue weighted by atomic mass is 14.5. The smallest absolute Gasteiger partial charge is 0.0152 e. The van der Waals surface area contributed by atoms with Crippen molar-refractivity contribution in [3.8, 4) is 0 Å². The highest BCUT2D eigenvalue weighted by Crippen LogP contribution is 2.51. The number of hydrogen-bond donors (Lipinski definition) is 0. The van der Waals surface area contributed by atoms with E-state index in [4.69, 9.17) is 0 Å². The largest absolute Gasteiger partial charge is 0.0620 e. The molecule has 0 bridgehead atoms. The molecule has 0 saturated heterocycles. The topological polar surface area (TPSA) is 0 Å². The fraction of sp³-hybridized carbons (Fsp3) is 0.657. The summed E-state index contributed by atoms with van der Waals surface area (Å²) in [5.74, 6) is 0. The molecular weight excluding hydrogens is 420 g/mol. The summed E-state index contributed by atoms with van der Waals surface area (Å²) in [4.78, 5) is 0. The Morgan fingerprint density at radius 3 is 1.03 bits per heavy atom. The van der Waals surface area contributed by atoms with Crippen LogP contribution in [0.5, 0.6) is 0 Å². The Morgan fingerprint density at radius 2 is 0.686 bits per heavy atom. The van der Waals surface area contributed by atoms with Gasteiger partial charge in [-0.15, -0.1) is 0 Å². The first-order chi connectivity index (χ1) is 15.3. The summed E-state index contributed by atoms with van der Waals surface area (Å²) in [6.45, 7) is 40.8. The number of hydrogen-bond acceptors (Lipinski definition) is 0. The third kappa shape index (κ3) is 5.89. The van der Waals surface area contributed by atoms with Crippen LogP contribution in [-0.4, -0.2) is 0 Å². The summed E-state index contributed by atoms with van der Waals surface area (Å²) in [5, 5.41) is 0. The molecule has 35 heavy (non-hydrogen) atoms. The van der Waals surface area contributed by atoms with Gasteiger partial charge in [-0.2, -0.15) is 0 Å². The van der Waals surface area contributed by atoms with Gasteiger partial charge in [-0.05, 0) is 66.0 Å². The van der Waals surface area contributed by atoms with E-state index in [-0.39, 0.29) is 32.5 Å². The molecule has 0 aliphatic rings. The second-order valence-electron chi connectivity index (χ2n) is 16.5. The van der Waals surface area contributed by atoms with E-state index in [1.54, 1.807) is 11.1 Å². The molecule has 2 aromatic rings. The maximum absolute atomic E-state index is 2.61. The van der Waals surface area contributed by atoms with E-state index in [2.05, 4.69) is 148 Å². The lowest BCUT2D eigenvalue weighted by atomic mass is 9.59. The molecule has 196 valence electrons. The van der Waals surface area contributed by atoms with Crippen molar-refractivity contribution in [3.05, 3.63) is 69.3 Å². The van der Waals surface area contributed by atoms with Gasteiger partial charge in [0, 0.05) is 5.41 Å². The monoisotopic (exact) mass is 476 g/mol. The van der Waals surface area contributed by atoms with Gasteiger partial charge in [0.2, 0.25) is 0 Å². The zero-order valence-corrected chi connectivity index (χ0v) is 26.4. The van der Waals surface area contributed by atoms with Crippen molar-refractivity contribution in [2.24, 2.45) is 0 Å². The van der Waals surface area contributed by atoms with E-state index in [9.17, 15) is 0 Å². The summed E-state index contributed by atoms with van der Waals surface area (Å²) in [6.07, 6.45) is 0. The van der Waals surface area contributed by atoms with Crippen molar-refractivity contribution in [1.29, 1.82) is 0 Å². The van der Waals surface area contributed by atoms with E-state index in [0.717, 1.165) is 0 Å². The van der Waals surface area contributed by atoms with E-state index in [0.29, 0.717) is 0 Å². The lowest BCUT2D eigenvalue weighted by molar-refractivity contribution is 0.462. The molecule has 0 saturated carbocycles. The average Bonchev–Trinajstić information content (AvgIpc) is 2.62. The predicted octanol–water partition coefficient (Wildman–Crippen LogP) is 10.5. The van der Waals surface area contributed by atoms with Crippen molar-refractivity contribution >= 4 is 0 Å². The zero-order chi connectivity index (χ0) is 27.6. The first-order valence-electron chi connectivity index (χ1n) is 13.7. The molecule has 0 heteroatoms. The molecule has 0 aromatic heterocycles. The molecule has 2 aromatic carbocycles. The minimum atomic E-state index is -0.136. The van der Waals surface area contributed by atoms with Gasteiger partial charge < -0.3 is 0 Å². The van der Waals surface area contributed by atoms with Gasteiger partial charge in [-0.1, -0.05) is 148 Å². The minimum Gasteiger partial charge on any atom is -0.0620 e. The van der Waals surface area contributed by atoms with Crippen LogP contribution < -0.4 is 0 Å². The predicted molar refractivity (Wildman–Crippen MR) is 159 cm³/mol. The molecule has 0 amide bonds. The van der Waals surface area contributed by atoms with Crippen LogP contribution in [0.2, 0.25) is 0 Å². The van der Waals surface area contributed by atoms with Crippen LogP contribution in [0.25, 0.3) is 0 Å². The minimum absolute atomic E-state index is 0.0162. The molecule has 0 radical (unpaired) electrons. The fourth-order valence-electron chi connectivity index (χ4n) is 5.90. The van der Waals surface area contributed by atoms with E-state index < -0.39 is 0 Å². The molecule has 0 N–H and O–H groups in total. The summed E-state index contributed by atoms with van der Waals surface area (Å²) in [7, 11) is 0. The first kappa shape index (κ1) is 29.7. The van der Waals surface area contributed by atoms with Gasteiger partial charge in [0.1, 0.15) is 0 Å². The number of rotatable bonds is 2. The summed E-state index contributed by atoms with van der Waals surface area (Å²) >= 11 is 0. The molecule has 0 spiro atoms. The Balaban J connectivity index is 3.29. The van der Waals surface area contributed by atoms with Crippen LogP contribution in [0, 0.1) is 0 Å². The Labute approximate surface area is 219 Å². The Bertz CT molecular complexity index is 1060. The highest BCUT2D eigenvalue weighted by molar-refractivity contribution is 5.60. The van der Waals surface area contributed by atoms with Crippen molar-refractivity contribution in [2.45, 2.75) is 150 Å². The zero-order valence-electron chi connectivity index (χ0n) is 26.4. The molecule has 0 nitrogen and oxygen atoms in total. The average molecular weight is 477 g/mol. The van der Waals surface area contributed by atoms with Gasteiger partial charge in [0.15, 0.2) is 0 Å². The lowest BCUT2D eigenvalue weighted by Gasteiger charge is -2.45. The Hall–Kier alpha value is -1.56. The standard InChI is InChI=1S/C35H56/c1-30(2,3)23-20-18-19-21-24(23)35(16,17)26-22-25(31(4,5)6)27(32(7,8)9)29(34(13,14)15)28(26)33(10,11)12/h18-22H,1-17H3. The van der Waals surface area contributed by atoms with E-state index >= 15 is 0 Å². The maximum Gasteiger partial charge on any atom is 0.0152 e. The molecule has 0 fully saturated rings. The second-order valence-corrected chi connectivity index (χ2v) is 16.5. The SMILES string of the molecule is CC(C)(C)c1ccccc1C(C)(C)c1cc(C(C)(C)C)c(C(C)(C)C)c(C(C)(C)C)c1C(C)(C)C. The fourth-order valence-corrected chi connectivity index (χ4v) is 5.90. The van der Waals surface area contributed by atoms with Crippen LogP contribution in [0.1, 0.15) is 157 Å². The van der Waals surface area contributed by atoms with Crippen LogP contribution in [-0.2, 0) is 32.5 Å². The lowest BCUT2D eigenvalue weighted by Crippen LogP contribution is -2.36. The van der Waals surface area contributed by atoms with Crippen molar-refractivity contribution in [1.82, 2.24) is 0 Å². The molecule has 0 unspecified atom stereocenters. The van der Waals surface area contributed by atoms with Crippen LogP contribution in [0.3, 0.4) is 0 Å². The quantitative estimate of drug-likeness (QED) is 0.404. The van der Waals surface area contributed by atoms with Crippen molar-refractivity contribution in [3.63, 3.8) is 0 Å². The summed E-state index contributed by atoms with van der Waals surface area (Å²) in [5.41, 5.74) is 10.6. The molecule has 2 rings (SSSR count). The third-order valence-corrected chi connectivity index (χ3v) is 7.47. The van der Waals surface area contributed by atoms with Crippen molar-refractivity contribution < 1.29 is 0 Å².